The molecule has 2 aliphatic rings. The molecule has 2 aliphatic heterocycles. The van der Waals surface area contributed by atoms with Crippen LogP contribution in [0.15, 0.2) is 23.1 Å². The highest BCUT2D eigenvalue weighted by atomic mass is 32.2. The summed E-state index contributed by atoms with van der Waals surface area (Å²) in [5.41, 5.74) is 0.982. The normalized spacial score (nSPS) is 26.0. The van der Waals surface area contributed by atoms with Gasteiger partial charge >= 0.3 is 12.1 Å². The van der Waals surface area contributed by atoms with Gasteiger partial charge in [0.15, 0.2) is 0 Å². The van der Waals surface area contributed by atoms with E-state index in [-0.39, 0.29) is 0 Å². The third-order valence-corrected chi connectivity index (χ3v) is 6.01. The van der Waals surface area contributed by atoms with Crippen LogP contribution in [-0.4, -0.2) is 51.6 Å². The third kappa shape index (κ3) is 5.28. The highest BCUT2D eigenvalue weighted by Crippen LogP contribution is 2.41. The van der Waals surface area contributed by atoms with Gasteiger partial charge < -0.3 is 15.1 Å². The number of thioether (sulfide) groups is 1. The van der Waals surface area contributed by atoms with Crippen molar-refractivity contribution in [2.75, 3.05) is 7.05 Å². The molecular weight excluding hydrogens is 355 g/mol. The number of hydrogen-bond acceptors (Lipinski definition) is 4. The molecule has 3 atom stereocenters. The van der Waals surface area contributed by atoms with Gasteiger partial charge in [0.25, 0.3) is 0 Å². The molecule has 4 nitrogen and oxygen atoms in total. The molecule has 1 unspecified atom stereocenters. The number of carbonyl (C=O) groups is 1. The number of phenolic OH excluding ortho intramolecular Hbond substituents is 1. The standard InChI is InChI=1S/C15H21NOS.C2HF3O2/c1-10-7-13(5-6-15(10)17)18-14-8-11-3-4-12(9-14)16(11)2;3-2(4,5)1(6)7/h5-7,11-12,14,17H,3-4,8-9H2,1-2H3;(H,6,7)/t11-,12+,14?;. The summed E-state index contributed by atoms with van der Waals surface area (Å²) in [5.74, 6) is -2.35. The van der Waals surface area contributed by atoms with Crippen molar-refractivity contribution >= 4 is 17.7 Å². The smallest absolute Gasteiger partial charge is 0.490 e. The van der Waals surface area contributed by atoms with Gasteiger partial charge in [-0.25, -0.2) is 4.79 Å². The highest BCUT2D eigenvalue weighted by molar-refractivity contribution is 8.00. The monoisotopic (exact) mass is 377 g/mol. The average molecular weight is 377 g/mol. The lowest BCUT2D eigenvalue weighted by molar-refractivity contribution is -0.192. The van der Waals surface area contributed by atoms with Gasteiger partial charge in [-0.3, -0.25) is 0 Å². The van der Waals surface area contributed by atoms with Crippen LogP contribution in [0.4, 0.5) is 13.2 Å². The number of halogens is 3. The molecule has 0 spiro atoms. The Hall–Kier alpha value is -1.41. The fourth-order valence-electron chi connectivity index (χ4n) is 3.35. The first-order valence-corrected chi connectivity index (χ1v) is 8.94. The molecule has 25 heavy (non-hydrogen) atoms. The van der Waals surface area contributed by atoms with E-state index >= 15 is 0 Å². The van der Waals surface area contributed by atoms with Gasteiger partial charge in [0.2, 0.25) is 0 Å². The van der Waals surface area contributed by atoms with Crippen LogP contribution in [0.25, 0.3) is 0 Å². The summed E-state index contributed by atoms with van der Waals surface area (Å²) in [4.78, 5) is 12.8. The van der Waals surface area contributed by atoms with Crippen LogP contribution in [0, 0.1) is 6.92 Å². The van der Waals surface area contributed by atoms with Crippen LogP contribution < -0.4 is 0 Å². The molecule has 1 aromatic carbocycles. The number of aliphatic carboxylic acids is 1. The summed E-state index contributed by atoms with van der Waals surface area (Å²) >= 11 is 2.00. The van der Waals surface area contributed by atoms with Crippen LogP contribution in [0.5, 0.6) is 5.75 Å². The van der Waals surface area contributed by atoms with Crippen molar-refractivity contribution in [3.63, 3.8) is 0 Å². The molecule has 0 radical (unpaired) electrons. The van der Waals surface area contributed by atoms with E-state index in [2.05, 4.69) is 18.0 Å². The Morgan fingerprint density at radius 1 is 1.24 bits per heavy atom. The molecule has 140 valence electrons. The van der Waals surface area contributed by atoms with Crippen LogP contribution in [0.1, 0.15) is 31.2 Å². The molecule has 3 rings (SSSR count). The number of alkyl halides is 3. The minimum Gasteiger partial charge on any atom is -0.508 e. The lowest BCUT2D eigenvalue weighted by Crippen LogP contribution is -2.40. The predicted octanol–water partition coefficient (Wildman–Crippen LogP) is 4.05. The number of fused-ring (bicyclic) bond motifs is 2. The fourth-order valence-corrected chi connectivity index (χ4v) is 4.76. The topological polar surface area (TPSA) is 60.8 Å². The Morgan fingerprint density at radius 2 is 1.76 bits per heavy atom. The average Bonchev–Trinajstić information content (AvgIpc) is 2.72. The molecule has 2 saturated heterocycles. The first kappa shape index (κ1) is 19.9. The molecule has 0 aliphatic carbocycles. The SMILES string of the molecule is Cc1cc(SC2C[C@H]3CC[C@@H](C2)N3C)ccc1O.O=C(O)C(F)(F)F. The number of nitrogens with zero attached hydrogens (tertiary/aromatic N) is 1. The summed E-state index contributed by atoms with van der Waals surface area (Å²) in [6, 6.07) is 7.59. The van der Waals surface area contributed by atoms with Crippen molar-refractivity contribution in [1.29, 1.82) is 0 Å². The van der Waals surface area contributed by atoms with Crippen LogP contribution in [-0.2, 0) is 4.79 Å². The fraction of sp³-hybridized carbons (Fsp3) is 0.588. The van der Waals surface area contributed by atoms with Gasteiger partial charge in [-0.2, -0.15) is 13.2 Å². The van der Waals surface area contributed by atoms with E-state index in [1.165, 1.54) is 30.6 Å². The van der Waals surface area contributed by atoms with Crippen molar-refractivity contribution in [2.24, 2.45) is 0 Å². The van der Waals surface area contributed by atoms with Gasteiger partial charge in [0, 0.05) is 22.2 Å². The number of carboxylic acids is 1. The zero-order chi connectivity index (χ0) is 18.8. The number of phenols is 1. The zero-order valence-corrected chi connectivity index (χ0v) is 14.9. The van der Waals surface area contributed by atoms with E-state index in [9.17, 15) is 18.3 Å². The van der Waals surface area contributed by atoms with Gasteiger partial charge in [0.05, 0.1) is 0 Å². The minimum absolute atomic E-state index is 0.405. The van der Waals surface area contributed by atoms with Gasteiger partial charge in [-0.1, -0.05) is 0 Å². The lowest BCUT2D eigenvalue weighted by atomic mass is 10.0. The summed E-state index contributed by atoms with van der Waals surface area (Å²) in [7, 11) is 2.29. The second kappa shape index (κ2) is 7.86. The minimum atomic E-state index is -5.08. The number of hydrogen-bond donors (Lipinski definition) is 2. The second-order valence-electron chi connectivity index (χ2n) is 6.51. The molecule has 0 aromatic heterocycles. The molecule has 2 bridgehead atoms. The third-order valence-electron chi connectivity index (χ3n) is 4.77. The molecular formula is C17H22F3NO3S. The summed E-state index contributed by atoms with van der Waals surface area (Å²) in [5, 5.41) is 17.4. The number of carboxylic acid groups (broad SMARTS) is 1. The predicted molar refractivity (Wildman–Crippen MR) is 90.0 cm³/mol. The Kier molecular flexibility index (Phi) is 6.26. The number of aryl methyl sites for hydroxylation is 1. The number of rotatable bonds is 2. The van der Waals surface area contributed by atoms with Crippen molar-refractivity contribution in [2.45, 2.75) is 61.0 Å². The summed E-state index contributed by atoms with van der Waals surface area (Å²) in [6.07, 6.45) is 0.314. The molecule has 0 amide bonds. The van der Waals surface area contributed by atoms with Gasteiger partial charge in [0.1, 0.15) is 5.75 Å². The van der Waals surface area contributed by atoms with Crippen molar-refractivity contribution in [1.82, 2.24) is 4.90 Å². The van der Waals surface area contributed by atoms with Crippen LogP contribution in [0.2, 0.25) is 0 Å². The van der Waals surface area contributed by atoms with E-state index in [1.807, 2.05) is 30.8 Å². The highest BCUT2D eigenvalue weighted by Gasteiger charge is 2.39. The molecule has 2 heterocycles. The Morgan fingerprint density at radius 3 is 2.20 bits per heavy atom. The largest absolute Gasteiger partial charge is 0.508 e. The van der Waals surface area contributed by atoms with Crippen molar-refractivity contribution in [3.05, 3.63) is 23.8 Å². The first-order valence-electron chi connectivity index (χ1n) is 8.06. The Labute approximate surface area is 149 Å². The first-order chi connectivity index (χ1) is 11.6. The number of aromatic hydroxyl groups is 1. The number of benzene rings is 1. The maximum Gasteiger partial charge on any atom is 0.490 e. The summed E-state index contributed by atoms with van der Waals surface area (Å²) < 4.78 is 31.7. The zero-order valence-electron chi connectivity index (χ0n) is 14.1. The van der Waals surface area contributed by atoms with Crippen LogP contribution >= 0.6 is 11.8 Å². The van der Waals surface area contributed by atoms with E-state index in [4.69, 9.17) is 9.90 Å². The molecule has 0 saturated carbocycles. The Bertz CT molecular complexity index is 610. The van der Waals surface area contributed by atoms with E-state index < -0.39 is 12.1 Å². The molecule has 8 heteroatoms. The van der Waals surface area contributed by atoms with E-state index in [1.54, 1.807) is 0 Å². The van der Waals surface area contributed by atoms with Crippen LogP contribution in [0.3, 0.4) is 0 Å². The van der Waals surface area contributed by atoms with Crippen molar-refractivity contribution in [3.8, 4) is 5.75 Å². The summed E-state index contributed by atoms with van der Waals surface area (Å²) in [6.45, 7) is 1.97. The Balaban J connectivity index is 0.000000277. The maximum absolute atomic E-state index is 10.6. The number of piperidine rings is 1. The van der Waals surface area contributed by atoms with E-state index in [0.717, 1.165) is 22.9 Å². The lowest BCUT2D eigenvalue weighted by Gasteiger charge is -2.36. The molecule has 2 N–H and O–H groups in total. The van der Waals surface area contributed by atoms with E-state index in [0.29, 0.717) is 5.75 Å². The van der Waals surface area contributed by atoms with Gasteiger partial charge in [-0.05, 0) is 63.4 Å². The quantitative estimate of drug-likeness (QED) is 0.814. The second-order valence-corrected chi connectivity index (χ2v) is 7.89. The maximum atomic E-state index is 10.6. The van der Waals surface area contributed by atoms with Gasteiger partial charge in [-0.15, -0.1) is 11.8 Å². The molecule has 1 aromatic rings. The van der Waals surface area contributed by atoms with Crippen molar-refractivity contribution < 1.29 is 28.2 Å². The molecule has 2 fully saturated rings.